The third-order valence-corrected chi connectivity index (χ3v) is 4.78. The molecule has 0 spiro atoms. The summed E-state index contributed by atoms with van der Waals surface area (Å²) in [5, 5.41) is 7.07. The molecule has 1 heterocycles. The van der Waals surface area contributed by atoms with E-state index in [2.05, 4.69) is 10.1 Å². The first kappa shape index (κ1) is 16.2. The number of hydrogen-bond donors (Lipinski definition) is 2. The highest BCUT2D eigenvalue weighted by atomic mass is 32.2. The molecule has 1 amide bonds. The van der Waals surface area contributed by atoms with Crippen molar-refractivity contribution in [2.24, 2.45) is 5.14 Å². The number of carbonyl (C=O) groups is 2. The molecule has 0 aliphatic carbocycles. The summed E-state index contributed by atoms with van der Waals surface area (Å²) in [5.41, 5.74) is 1.28. The smallest absolute Gasteiger partial charge is 0.337 e. The minimum atomic E-state index is -3.80. The molecule has 1 saturated heterocycles. The Bertz CT molecular complexity index is 716. The molecule has 1 aliphatic rings. The molecule has 0 aromatic heterocycles. The second-order valence-electron chi connectivity index (χ2n) is 4.89. The first-order chi connectivity index (χ1) is 10.3. The van der Waals surface area contributed by atoms with Crippen molar-refractivity contribution in [1.29, 1.82) is 0 Å². The van der Waals surface area contributed by atoms with E-state index in [1.54, 1.807) is 19.2 Å². The number of rotatable bonds is 4. The largest absolute Gasteiger partial charge is 0.465 e. The summed E-state index contributed by atoms with van der Waals surface area (Å²) >= 11 is 0. The van der Waals surface area contributed by atoms with Crippen LogP contribution in [0.3, 0.4) is 0 Å². The number of benzene rings is 1. The molecule has 0 bridgehead atoms. The topological polar surface area (TPSA) is 119 Å². The first-order valence-corrected chi connectivity index (χ1v) is 8.11. The minimum absolute atomic E-state index is 0.0447. The Balaban J connectivity index is 2.43. The Morgan fingerprint density at radius 3 is 2.64 bits per heavy atom. The van der Waals surface area contributed by atoms with E-state index in [9.17, 15) is 18.0 Å². The monoisotopic (exact) mass is 327 g/mol. The maximum Gasteiger partial charge on any atom is 0.337 e. The SMILES string of the molecule is CNc1ccc(C(=O)OC)cc1N1CC(S(N)(=O)=O)CC1=O. The number of nitrogens with one attached hydrogen (secondary N) is 1. The standard InChI is InChI=1S/C13H17N3O5S/c1-15-10-4-3-8(13(18)21-2)5-11(10)16-7-9(6-12(16)17)22(14,19)20/h3-5,9,15H,6-7H2,1-2H3,(H2,14,19,20). The van der Waals surface area contributed by atoms with Crippen LogP contribution >= 0.6 is 0 Å². The Morgan fingerprint density at radius 2 is 2.14 bits per heavy atom. The molecule has 1 aromatic rings. The van der Waals surface area contributed by atoms with Crippen LogP contribution in [0.15, 0.2) is 18.2 Å². The number of anilines is 2. The molecule has 1 aliphatic heterocycles. The maximum absolute atomic E-state index is 12.1. The van der Waals surface area contributed by atoms with E-state index in [1.165, 1.54) is 18.1 Å². The number of sulfonamides is 1. The van der Waals surface area contributed by atoms with Crippen LogP contribution in [0.1, 0.15) is 16.8 Å². The lowest BCUT2D eigenvalue weighted by Crippen LogP contribution is -2.32. The lowest BCUT2D eigenvalue weighted by molar-refractivity contribution is -0.117. The Labute approximate surface area is 128 Å². The van der Waals surface area contributed by atoms with Crippen LogP contribution in [0.25, 0.3) is 0 Å². The van der Waals surface area contributed by atoms with Crippen LogP contribution in [0.2, 0.25) is 0 Å². The van der Waals surface area contributed by atoms with E-state index in [0.29, 0.717) is 11.4 Å². The number of hydrogen-bond acceptors (Lipinski definition) is 6. The predicted octanol–water partition coefficient (Wildman–Crippen LogP) is -0.0913. The first-order valence-electron chi connectivity index (χ1n) is 6.50. The van der Waals surface area contributed by atoms with Gasteiger partial charge >= 0.3 is 5.97 Å². The second kappa shape index (κ2) is 5.93. The van der Waals surface area contributed by atoms with Gasteiger partial charge in [0.2, 0.25) is 15.9 Å². The van der Waals surface area contributed by atoms with Crippen LogP contribution in [0.5, 0.6) is 0 Å². The fourth-order valence-corrected chi connectivity index (χ4v) is 3.07. The highest BCUT2D eigenvalue weighted by Gasteiger charge is 2.38. The molecule has 0 radical (unpaired) electrons. The van der Waals surface area contributed by atoms with Crippen LogP contribution < -0.4 is 15.4 Å². The zero-order chi connectivity index (χ0) is 16.5. The molecule has 1 fully saturated rings. The quantitative estimate of drug-likeness (QED) is 0.746. The number of amides is 1. The Morgan fingerprint density at radius 1 is 1.45 bits per heavy atom. The molecular weight excluding hydrogens is 310 g/mol. The van der Waals surface area contributed by atoms with Gasteiger partial charge in [0.15, 0.2) is 0 Å². The van der Waals surface area contributed by atoms with Gasteiger partial charge in [0.05, 0.1) is 24.0 Å². The molecule has 0 saturated carbocycles. The van der Waals surface area contributed by atoms with Gasteiger partial charge in [0.1, 0.15) is 5.25 Å². The van der Waals surface area contributed by atoms with Crippen molar-refractivity contribution in [3.05, 3.63) is 23.8 Å². The number of primary sulfonamides is 1. The van der Waals surface area contributed by atoms with Crippen molar-refractivity contribution in [3.63, 3.8) is 0 Å². The summed E-state index contributed by atoms with van der Waals surface area (Å²) in [7, 11) is -0.885. The number of carbonyl (C=O) groups excluding carboxylic acids is 2. The normalized spacial score (nSPS) is 18.4. The van der Waals surface area contributed by atoms with Gasteiger partial charge in [-0.2, -0.15) is 0 Å². The number of ether oxygens (including phenoxy) is 1. The lowest BCUT2D eigenvalue weighted by atomic mass is 10.1. The average molecular weight is 327 g/mol. The number of nitrogens with zero attached hydrogens (tertiary/aromatic N) is 1. The summed E-state index contributed by atoms with van der Waals surface area (Å²) < 4.78 is 27.5. The third kappa shape index (κ3) is 3.04. The van der Waals surface area contributed by atoms with Crippen LogP contribution in [0.4, 0.5) is 11.4 Å². The Hall–Kier alpha value is -2.13. The van der Waals surface area contributed by atoms with Crippen LogP contribution in [0, 0.1) is 0 Å². The molecular formula is C13H17N3O5S. The third-order valence-electron chi connectivity index (χ3n) is 3.53. The molecule has 9 heteroatoms. The van der Waals surface area contributed by atoms with Crippen molar-refractivity contribution in [2.45, 2.75) is 11.7 Å². The number of esters is 1. The number of methoxy groups -OCH3 is 1. The zero-order valence-corrected chi connectivity index (χ0v) is 13.0. The fourth-order valence-electron chi connectivity index (χ4n) is 2.34. The summed E-state index contributed by atoms with van der Waals surface area (Å²) in [4.78, 5) is 25.0. The summed E-state index contributed by atoms with van der Waals surface area (Å²) in [6.45, 7) is -0.0447. The van der Waals surface area contributed by atoms with E-state index >= 15 is 0 Å². The Kier molecular flexibility index (Phi) is 4.38. The predicted molar refractivity (Wildman–Crippen MR) is 81.2 cm³/mol. The lowest BCUT2D eigenvalue weighted by Gasteiger charge is -2.20. The van der Waals surface area contributed by atoms with Crippen molar-refractivity contribution in [3.8, 4) is 0 Å². The van der Waals surface area contributed by atoms with Gasteiger partial charge in [0, 0.05) is 20.0 Å². The molecule has 2 rings (SSSR count). The van der Waals surface area contributed by atoms with Gasteiger partial charge in [-0.3, -0.25) is 4.79 Å². The van der Waals surface area contributed by atoms with Gasteiger partial charge in [-0.15, -0.1) is 0 Å². The maximum atomic E-state index is 12.1. The van der Waals surface area contributed by atoms with Crippen LogP contribution in [-0.4, -0.2) is 46.2 Å². The van der Waals surface area contributed by atoms with Crippen molar-refractivity contribution in [2.75, 3.05) is 30.9 Å². The van der Waals surface area contributed by atoms with Gasteiger partial charge in [0.25, 0.3) is 0 Å². The zero-order valence-electron chi connectivity index (χ0n) is 12.2. The van der Waals surface area contributed by atoms with Crippen molar-refractivity contribution in [1.82, 2.24) is 0 Å². The van der Waals surface area contributed by atoms with Gasteiger partial charge in [-0.25, -0.2) is 18.4 Å². The molecule has 120 valence electrons. The molecule has 22 heavy (non-hydrogen) atoms. The molecule has 1 atom stereocenters. The average Bonchev–Trinajstić information content (AvgIpc) is 2.87. The van der Waals surface area contributed by atoms with E-state index in [0.717, 1.165) is 0 Å². The minimum Gasteiger partial charge on any atom is -0.465 e. The summed E-state index contributed by atoms with van der Waals surface area (Å²) in [5.74, 6) is -0.906. The summed E-state index contributed by atoms with van der Waals surface area (Å²) in [6, 6.07) is 4.67. The van der Waals surface area contributed by atoms with Gasteiger partial charge in [-0.1, -0.05) is 0 Å². The highest BCUT2D eigenvalue weighted by Crippen LogP contribution is 2.32. The van der Waals surface area contributed by atoms with Crippen LogP contribution in [-0.2, 0) is 19.6 Å². The summed E-state index contributed by atoms with van der Waals surface area (Å²) in [6.07, 6.45) is -0.176. The molecule has 3 N–H and O–H groups in total. The molecule has 1 aromatic carbocycles. The van der Waals surface area contributed by atoms with E-state index in [-0.39, 0.29) is 24.4 Å². The van der Waals surface area contributed by atoms with Gasteiger partial charge < -0.3 is 15.0 Å². The molecule has 8 nitrogen and oxygen atoms in total. The van der Waals surface area contributed by atoms with E-state index in [4.69, 9.17) is 5.14 Å². The van der Waals surface area contributed by atoms with E-state index in [1.807, 2.05) is 0 Å². The number of nitrogens with two attached hydrogens (primary N) is 1. The van der Waals surface area contributed by atoms with Gasteiger partial charge in [-0.05, 0) is 18.2 Å². The fraction of sp³-hybridized carbons (Fsp3) is 0.385. The highest BCUT2D eigenvalue weighted by molar-refractivity contribution is 7.89. The molecule has 1 unspecified atom stereocenters. The van der Waals surface area contributed by atoms with Crippen molar-refractivity contribution < 1.29 is 22.7 Å². The van der Waals surface area contributed by atoms with Crippen molar-refractivity contribution >= 4 is 33.3 Å². The second-order valence-corrected chi connectivity index (χ2v) is 6.74. The van der Waals surface area contributed by atoms with E-state index < -0.39 is 21.2 Å².